The first kappa shape index (κ1) is 14.9. The Hall–Kier alpha value is -1.45. The number of hydrogen-bond acceptors (Lipinski definition) is 7. The highest BCUT2D eigenvalue weighted by molar-refractivity contribution is 7.51. The molecule has 0 bridgehead atoms. The molecule has 1 aromatic rings. The number of nitrogen functional groups attached to an aromatic ring is 1. The Balaban J connectivity index is 1.87. The zero-order valence-electron chi connectivity index (χ0n) is 10.3. The average Bonchev–Trinajstić information content (AvgIpc) is 2.77. The lowest BCUT2D eigenvalue weighted by Crippen LogP contribution is -2.34. The van der Waals surface area contributed by atoms with Gasteiger partial charge in [0.1, 0.15) is 12.2 Å². The Morgan fingerprint density at radius 3 is 3.00 bits per heavy atom. The summed E-state index contributed by atoms with van der Waals surface area (Å²) in [5, 5.41) is 0. The minimum atomic E-state index is -4.22. The fourth-order valence-corrected chi connectivity index (χ4v) is 1.97. The van der Waals surface area contributed by atoms with E-state index in [1.165, 1.54) is 12.3 Å². The first-order valence-corrected chi connectivity index (χ1v) is 7.43. The third-order valence-electron chi connectivity index (χ3n) is 2.43. The van der Waals surface area contributed by atoms with Crippen molar-refractivity contribution in [1.29, 1.82) is 0 Å². The first-order valence-electron chi connectivity index (χ1n) is 5.63. The second-order valence-electron chi connectivity index (χ2n) is 4.15. The van der Waals surface area contributed by atoms with Gasteiger partial charge in [-0.1, -0.05) is 0 Å². The van der Waals surface area contributed by atoms with Gasteiger partial charge in [-0.2, -0.15) is 4.98 Å². The predicted octanol–water partition coefficient (Wildman–Crippen LogP) is -1.48. The van der Waals surface area contributed by atoms with Gasteiger partial charge in [0.05, 0.1) is 18.9 Å². The molecule has 20 heavy (non-hydrogen) atoms. The van der Waals surface area contributed by atoms with Gasteiger partial charge in [-0.25, -0.2) is 4.79 Å². The summed E-state index contributed by atoms with van der Waals surface area (Å²) in [6.07, 6.45) is -0.420. The third kappa shape index (κ3) is 4.29. The molecular formula is C9H14N3O7P. The Labute approximate surface area is 113 Å². The molecule has 0 aliphatic carbocycles. The molecule has 0 amide bonds. The first-order chi connectivity index (χ1) is 9.33. The molecule has 0 aromatic carbocycles. The lowest BCUT2D eigenvalue weighted by molar-refractivity contribution is -0.119. The van der Waals surface area contributed by atoms with Crippen LogP contribution in [0.5, 0.6) is 0 Å². The fourth-order valence-electron chi connectivity index (χ4n) is 1.57. The second-order valence-corrected chi connectivity index (χ2v) is 5.73. The molecule has 10 nitrogen and oxygen atoms in total. The van der Waals surface area contributed by atoms with Gasteiger partial charge in [0, 0.05) is 12.5 Å². The minimum absolute atomic E-state index is 0.0741. The number of ether oxygens (including phenoxy) is 2. The molecule has 4 N–H and O–H groups in total. The van der Waals surface area contributed by atoms with Crippen molar-refractivity contribution >= 4 is 13.4 Å². The number of nitrogens with zero attached hydrogens (tertiary/aromatic N) is 2. The van der Waals surface area contributed by atoms with Gasteiger partial charge in [0.15, 0.2) is 0 Å². The van der Waals surface area contributed by atoms with Crippen LogP contribution >= 0.6 is 7.60 Å². The lowest BCUT2D eigenvalue weighted by Gasteiger charge is -2.13. The summed E-state index contributed by atoms with van der Waals surface area (Å²) < 4.78 is 21.7. The summed E-state index contributed by atoms with van der Waals surface area (Å²) in [5.41, 5.74) is 4.65. The maximum Gasteiger partial charge on any atom is 0.382 e. The molecule has 1 saturated heterocycles. The van der Waals surface area contributed by atoms with Crippen molar-refractivity contribution in [3.05, 3.63) is 22.7 Å². The molecule has 0 saturated carbocycles. The van der Waals surface area contributed by atoms with Crippen molar-refractivity contribution < 1.29 is 28.7 Å². The van der Waals surface area contributed by atoms with Crippen LogP contribution in [0, 0.1) is 0 Å². The summed E-state index contributed by atoms with van der Waals surface area (Å²) in [6.45, 7) is 0.113. The van der Waals surface area contributed by atoms with E-state index in [0.29, 0.717) is 0 Å². The van der Waals surface area contributed by atoms with Crippen LogP contribution < -0.4 is 16.3 Å². The van der Waals surface area contributed by atoms with Crippen LogP contribution in [-0.2, 0) is 14.0 Å². The monoisotopic (exact) mass is 307 g/mol. The molecule has 2 rings (SSSR count). The van der Waals surface area contributed by atoms with Crippen molar-refractivity contribution in [3.63, 3.8) is 0 Å². The van der Waals surface area contributed by atoms with E-state index in [2.05, 4.69) is 4.98 Å². The molecule has 2 atom stereocenters. The maximum absolute atomic E-state index is 11.4. The minimum Gasteiger partial charge on any atom is -0.383 e. The Morgan fingerprint density at radius 1 is 1.60 bits per heavy atom. The Kier molecular flexibility index (Phi) is 4.41. The number of anilines is 1. The standard InChI is InChI=1S/C9H14N3O7P/c10-7-1-2-12(9(13)11-7)19-8-3-6(4-17-8)18-5-20(14,15)16/h1-2,6,8H,3-5H2,(H2,10,11,13)(H2,14,15,16)/t6-,8?/m0/s1. The molecule has 11 heteroatoms. The van der Waals surface area contributed by atoms with Crippen molar-refractivity contribution in [2.45, 2.75) is 18.8 Å². The molecule has 1 fully saturated rings. The summed E-state index contributed by atoms with van der Waals surface area (Å²) in [6, 6.07) is 1.39. The maximum atomic E-state index is 11.4. The van der Waals surface area contributed by atoms with E-state index in [4.69, 9.17) is 29.8 Å². The molecule has 0 radical (unpaired) electrons. The van der Waals surface area contributed by atoms with Crippen LogP contribution in [0.1, 0.15) is 6.42 Å². The second kappa shape index (κ2) is 5.90. The van der Waals surface area contributed by atoms with Crippen LogP contribution in [-0.4, -0.2) is 44.9 Å². The zero-order valence-corrected chi connectivity index (χ0v) is 11.2. The highest BCUT2D eigenvalue weighted by Gasteiger charge is 2.30. The van der Waals surface area contributed by atoms with E-state index >= 15 is 0 Å². The summed E-state index contributed by atoms with van der Waals surface area (Å²) in [4.78, 5) is 37.5. The van der Waals surface area contributed by atoms with Gasteiger partial charge in [-0.15, -0.1) is 4.73 Å². The van der Waals surface area contributed by atoms with Crippen LogP contribution in [0.25, 0.3) is 0 Å². The molecule has 2 heterocycles. The SMILES string of the molecule is Nc1ccn(OC2C[C@H](OCP(=O)(O)O)CO2)c(=O)n1. The van der Waals surface area contributed by atoms with Gasteiger partial charge in [-0.05, 0) is 0 Å². The largest absolute Gasteiger partial charge is 0.383 e. The van der Waals surface area contributed by atoms with Gasteiger partial charge in [0.25, 0.3) is 0 Å². The van der Waals surface area contributed by atoms with E-state index in [0.717, 1.165) is 4.73 Å². The average molecular weight is 307 g/mol. The highest BCUT2D eigenvalue weighted by atomic mass is 31.2. The molecule has 1 aliphatic rings. The van der Waals surface area contributed by atoms with Crippen molar-refractivity contribution in [2.24, 2.45) is 0 Å². The molecule has 0 spiro atoms. The fraction of sp³-hybridized carbons (Fsp3) is 0.556. The number of aromatic nitrogens is 2. The van der Waals surface area contributed by atoms with Gasteiger partial charge >= 0.3 is 13.3 Å². The summed E-state index contributed by atoms with van der Waals surface area (Å²) >= 11 is 0. The van der Waals surface area contributed by atoms with Crippen molar-refractivity contribution in [1.82, 2.24) is 9.71 Å². The molecule has 1 aromatic heterocycles. The molecule has 1 aliphatic heterocycles. The van der Waals surface area contributed by atoms with Gasteiger partial charge < -0.3 is 29.8 Å². The summed E-state index contributed by atoms with van der Waals surface area (Å²) in [7, 11) is -4.22. The predicted molar refractivity (Wildman–Crippen MR) is 65.6 cm³/mol. The Morgan fingerprint density at radius 2 is 2.35 bits per heavy atom. The van der Waals surface area contributed by atoms with Crippen LogP contribution in [0.4, 0.5) is 5.82 Å². The quantitative estimate of drug-likeness (QED) is 0.554. The van der Waals surface area contributed by atoms with Crippen LogP contribution in [0.15, 0.2) is 17.1 Å². The third-order valence-corrected chi connectivity index (χ3v) is 2.91. The molecular weight excluding hydrogens is 293 g/mol. The summed E-state index contributed by atoms with van der Waals surface area (Å²) in [5.74, 6) is 0.0741. The Bertz CT molecular complexity index is 571. The van der Waals surface area contributed by atoms with Crippen LogP contribution in [0.2, 0.25) is 0 Å². The molecule has 1 unspecified atom stereocenters. The number of rotatable bonds is 5. The molecule has 112 valence electrons. The van der Waals surface area contributed by atoms with E-state index in [1.54, 1.807) is 0 Å². The van der Waals surface area contributed by atoms with Crippen LogP contribution in [0.3, 0.4) is 0 Å². The van der Waals surface area contributed by atoms with Crippen molar-refractivity contribution in [3.8, 4) is 0 Å². The highest BCUT2D eigenvalue weighted by Crippen LogP contribution is 2.35. The lowest BCUT2D eigenvalue weighted by atomic mass is 10.3. The number of hydrogen-bond donors (Lipinski definition) is 3. The topological polar surface area (TPSA) is 146 Å². The van der Waals surface area contributed by atoms with E-state index in [9.17, 15) is 9.36 Å². The van der Waals surface area contributed by atoms with E-state index < -0.39 is 32.0 Å². The normalized spacial score (nSPS) is 22.9. The smallest absolute Gasteiger partial charge is 0.382 e. The van der Waals surface area contributed by atoms with Gasteiger partial charge in [-0.3, -0.25) is 4.57 Å². The van der Waals surface area contributed by atoms with E-state index in [-0.39, 0.29) is 18.8 Å². The van der Waals surface area contributed by atoms with E-state index in [1.807, 2.05) is 0 Å². The van der Waals surface area contributed by atoms with Crippen molar-refractivity contribution in [2.75, 3.05) is 18.7 Å². The number of nitrogens with two attached hydrogens (primary N) is 1. The zero-order chi connectivity index (χ0) is 14.8. The van der Waals surface area contributed by atoms with Gasteiger partial charge in [0.2, 0.25) is 6.29 Å².